The van der Waals surface area contributed by atoms with Gasteiger partial charge < -0.3 is 15.2 Å². The number of hydrogen-bond acceptors (Lipinski definition) is 3. The number of rotatable bonds is 1. The molecular formula is C10H19NO2. The molecule has 0 aliphatic carbocycles. The van der Waals surface area contributed by atoms with Gasteiger partial charge in [-0.15, -0.1) is 0 Å². The summed E-state index contributed by atoms with van der Waals surface area (Å²) in [5, 5.41) is 13.6. The number of aliphatic hydroxyl groups is 1. The molecule has 3 heteroatoms. The van der Waals surface area contributed by atoms with E-state index in [1.54, 1.807) is 0 Å². The second-order valence-corrected chi connectivity index (χ2v) is 4.49. The van der Waals surface area contributed by atoms with Gasteiger partial charge in [-0.3, -0.25) is 0 Å². The Morgan fingerprint density at radius 2 is 2.38 bits per heavy atom. The highest BCUT2D eigenvalue weighted by Crippen LogP contribution is 2.31. The molecule has 0 saturated carbocycles. The number of nitrogens with one attached hydrogen (secondary N) is 1. The van der Waals surface area contributed by atoms with E-state index < -0.39 is 5.60 Å². The van der Waals surface area contributed by atoms with Crippen LogP contribution in [0.1, 0.15) is 26.2 Å². The van der Waals surface area contributed by atoms with E-state index in [0.29, 0.717) is 19.3 Å². The number of ether oxygens (including phenoxy) is 1. The first-order valence-corrected chi connectivity index (χ1v) is 5.24. The minimum Gasteiger partial charge on any atom is -0.390 e. The van der Waals surface area contributed by atoms with Crippen LogP contribution in [0.15, 0.2) is 0 Å². The lowest BCUT2D eigenvalue weighted by atomic mass is 9.80. The average Bonchev–Trinajstić information content (AvgIpc) is 2.55. The molecule has 0 spiro atoms. The van der Waals surface area contributed by atoms with Crippen molar-refractivity contribution in [3.8, 4) is 0 Å². The lowest BCUT2D eigenvalue weighted by Crippen LogP contribution is -2.51. The number of hydrogen-bond donors (Lipinski definition) is 2. The second kappa shape index (κ2) is 3.56. The zero-order chi connectivity index (χ0) is 9.31. The topological polar surface area (TPSA) is 41.5 Å². The van der Waals surface area contributed by atoms with Gasteiger partial charge in [0.2, 0.25) is 0 Å². The monoisotopic (exact) mass is 185 g/mol. The standard InChI is InChI=1S/C10H19NO2/c1-10(12)4-6-13-7-8(10)9-3-2-5-11-9/h8-9,11-12H,2-7H2,1H3/t8-,9+,10-/m0/s1. The molecule has 2 rings (SSSR count). The predicted octanol–water partition coefficient (Wildman–Crippen LogP) is 0.526. The van der Waals surface area contributed by atoms with E-state index in [2.05, 4.69) is 5.32 Å². The molecule has 2 N–H and O–H groups in total. The van der Waals surface area contributed by atoms with Gasteiger partial charge in [-0.1, -0.05) is 0 Å². The molecule has 2 heterocycles. The Morgan fingerprint density at radius 3 is 3.00 bits per heavy atom. The fourth-order valence-corrected chi connectivity index (χ4v) is 2.46. The summed E-state index contributed by atoms with van der Waals surface area (Å²) in [6.07, 6.45) is 3.19. The minimum absolute atomic E-state index is 0.281. The van der Waals surface area contributed by atoms with Crippen LogP contribution in [0.3, 0.4) is 0 Å². The largest absolute Gasteiger partial charge is 0.390 e. The normalized spacial score (nSPS) is 46.6. The Bertz CT molecular complexity index is 176. The van der Waals surface area contributed by atoms with Gasteiger partial charge in [-0.25, -0.2) is 0 Å². The Labute approximate surface area is 79.5 Å². The van der Waals surface area contributed by atoms with E-state index in [1.165, 1.54) is 12.8 Å². The van der Waals surface area contributed by atoms with Crippen molar-refractivity contribution in [2.24, 2.45) is 5.92 Å². The maximum absolute atomic E-state index is 10.2. The van der Waals surface area contributed by atoms with Crippen LogP contribution in [0.5, 0.6) is 0 Å². The second-order valence-electron chi connectivity index (χ2n) is 4.49. The summed E-state index contributed by atoms with van der Waals surface area (Å²) in [4.78, 5) is 0. The van der Waals surface area contributed by atoms with E-state index in [0.717, 1.165) is 13.0 Å². The van der Waals surface area contributed by atoms with Crippen molar-refractivity contribution in [3.63, 3.8) is 0 Å². The fourth-order valence-electron chi connectivity index (χ4n) is 2.46. The van der Waals surface area contributed by atoms with Crippen LogP contribution in [-0.2, 0) is 4.74 Å². The summed E-state index contributed by atoms with van der Waals surface area (Å²) in [6, 6.07) is 0.468. The Kier molecular flexibility index (Phi) is 2.58. The predicted molar refractivity (Wildman–Crippen MR) is 50.6 cm³/mol. The Morgan fingerprint density at radius 1 is 1.54 bits per heavy atom. The maximum atomic E-state index is 10.2. The lowest BCUT2D eigenvalue weighted by Gasteiger charge is -2.40. The molecule has 0 aromatic heterocycles. The van der Waals surface area contributed by atoms with Gasteiger partial charge in [0.15, 0.2) is 0 Å². The molecule has 2 fully saturated rings. The van der Waals surface area contributed by atoms with Gasteiger partial charge in [-0.05, 0) is 32.7 Å². The Hall–Kier alpha value is -0.120. The molecule has 2 saturated heterocycles. The van der Waals surface area contributed by atoms with Crippen LogP contribution in [0.2, 0.25) is 0 Å². The van der Waals surface area contributed by atoms with Gasteiger partial charge in [0, 0.05) is 18.6 Å². The van der Waals surface area contributed by atoms with Crippen LogP contribution >= 0.6 is 0 Å². The maximum Gasteiger partial charge on any atom is 0.0706 e. The van der Waals surface area contributed by atoms with Crippen molar-refractivity contribution in [1.29, 1.82) is 0 Å². The molecule has 0 bridgehead atoms. The molecule has 0 amide bonds. The summed E-state index contributed by atoms with van der Waals surface area (Å²) in [7, 11) is 0. The van der Waals surface area contributed by atoms with E-state index in [1.807, 2.05) is 6.92 Å². The average molecular weight is 185 g/mol. The first kappa shape index (κ1) is 9.44. The molecule has 0 radical (unpaired) electrons. The highest BCUT2D eigenvalue weighted by molar-refractivity contribution is 4.94. The summed E-state index contributed by atoms with van der Waals surface area (Å²) in [5.74, 6) is 0.281. The van der Waals surface area contributed by atoms with Gasteiger partial charge >= 0.3 is 0 Å². The molecule has 0 unspecified atom stereocenters. The zero-order valence-electron chi connectivity index (χ0n) is 8.25. The summed E-state index contributed by atoms with van der Waals surface area (Å²) >= 11 is 0. The van der Waals surface area contributed by atoms with E-state index >= 15 is 0 Å². The van der Waals surface area contributed by atoms with Crippen LogP contribution in [-0.4, -0.2) is 36.5 Å². The molecule has 0 aromatic carbocycles. The van der Waals surface area contributed by atoms with Crippen LogP contribution < -0.4 is 5.32 Å². The zero-order valence-corrected chi connectivity index (χ0v) is 8.25. The van der Waals surface area contributed by atoms with Crippen molar-refractivity contribution in [3.05, 3.63) is 0 Å². The van der Waals surface area contributed by atoms with Gasteiger partial charge in [0.25, 0.3) is 0 Å². The van der Waals surface area contributed by atoms with Crippen LogP contribution in [0.4, 0.5) is 0 Å². The van der Waals surface area contributed by atoms with Crippen molar-refractivity contribution in [2.45, 2.75) is 37.8 Å². The molecule has 3 nitrogen and oxygen atoms in total. The Balaban J connectivity index is 2.02. The molecule has 2 aliphatic heterocycles. The first-order valence-electron chi connectivity index (χ1n) is 5.24. The highest BCUT2D eigenvalue weighted by atomic mass is 16.5. The summed E-state index contributed by atoms with van der Waals surface area (Å²) in [5.41, 5.74) is -0.528. The third-order valence-corrected chi connectivity index (χ3v) is 3.43. The highest BCUT2D eigenvalue weighted by Gasteiger charge is 2.40. The molecular weight excluding hydrogens is 166 g/mol. The SMILES string of the molecule is C[C@]1(O)CCOC[C@H]1[C@H]1CCCN1. The van der Waals surface area contributed by atoms with Gasteiger partial charge in [-0.2, -0.15) is 0 Å². The molecule has 0 aromatic rings. The molecule has 76 valence electrons. The molecule has 13 heavy (non-hydrogen) atoms. The third-order valence-electron chi connectivity index (χ3n) is 3.43. The smallest absolute Gasteiger partial charge is 0.0706 e. The minimum atomic E-state index is -0.528. The van der Waals surface area contributed by atoms with Crippen LogP contribution in [0, 0.1) is 5.92 Å². The third kappa shape index (κ3) is 1.87. The van der Waals surface area contributed by atoms with E-state index in [9.17, 15) is 5.11 Å². The van der Waals surface area contributed by atoms with Crippen molar-refractivity contribution >= 4 is 0 Å². The molecule has 2 aliphatic rings. The van der Waals surface area contributed by atoms with E-state index in [4.69, 9.17) is 4.74 Å². The quantitative estimate of drug-likeness (QED) is 0.626. The fraction of sp³-hybridized carbons (Fsp3) is 1.00. The van der Waals surface area contributed by atoms with E-state index in [-0.39, 0.29) is 5.92 Å². The van der Waals surface area contributed by atoms with Crippen molar-refractivity contribution in [2.75, 3.05) is 19.8 Å². The first-order chi connectivity index (χ1) is 6.20. The molecule has 3 atom stereocenters. The van der Waals surface area contributed by atoms with Gasteiger partial charge in [0.05, 0.1) is 12.2 Å². The summed E-state index contributed by atoms with van der Waals surface area (Å²) < 4.78 is 5.43. The van der Waals surface area contributed by atoms with Crippen molar-refractivity contribution in [1.82, 2.24) is 5.32 Å². The van der Waals surface area contributed by atoms with Crippen molar-refractivity contribution < 1.29 is 9.84 Å². The summed E-state index contributed by atoms with van der Waals surface area (Å²) in [6.45, 7) is 4.46. The van der Waals surface area contributed by atoms with Crippen LogP contribution in [0.25, 0.3) is 0 Å². The lowest BCUT2D eigenvalue weighted by molar-refractivity contribution is -0.110. The van der Waals surface area contributed by atoms with Gasteiger partial charge in [0.1, 0.15) is 0 Å².